The number of fused-ring (bicyclic) bond motifs is 8. The number of carbonyl (C=O) groups is 1. The number of rotatable bonds is 1. The number of hydrogen-bond donors (Lipinski definition) is 1. The zero-order valence-corrected chi connectivity index (χ0v) is 15.8. The van der Waals surface area contributed by atoms with Crippen molar-refractivity contribution in [2.75, 3.05) is 0 Å². The molecule has 2 bridgehead atoms. The molecule has 3 nitrogen and oxygen atoms in total. The second-order valence-corrected chi connectivity index (χ2v) is 8.84. The molecule has 0 saturated heterocycles. The zero-order chi connectivity index (χ0) is 18.1. The molecule has 1 N–H and O–H groups in total. The van der Waals surface area contributed by atoms with E-state index in [1.54, 1.807) is 0 Å². The van der Waals surface area contributed by atoms with Crippen LogP contribution in [0.4, 0.5) is 5.69 Å². The maximum Gasteiger partial charge on any atom is 0.252 e. The first kappa shape index (κ1) is 15.9. The van der Waals surface area contributed by atoms with E-state index < -0.39 is 0 Å². The van der Waals surface area contributed by atoms with Crippen molar-refractivity contribution in [1.29, 1.82) is 0 Å². The van der Waals surface area contributed by atoms with E-state index in [1.807, 2.05) is 24.3 Å². The Morgan fingerprint density at radius 3 is 2.81 bits per heavy atom. The molecule has 0 spiro atoms. The number of halogens is 1. The van der Waals surface area contributed by atoms with Gasteiger partial charge < -0.3 is 5.32 Å². The predicted octanol–water partition coefficient (Wildman–Crippen LogP) is 5.15. The second-order valence-electron chi connectivity index (χ2n) is 8.41. The SMILES string of the molecule is O=C1N[C@@H]2C[C@H](c3c1cccc3C1CC1)C1CCc3cc(Cl)ccc3N=C12. The smallest absolute Gasteiger partial charge is 0.252 e. The highest BCUT2D eigenvalue weighted by Gasteiger charge is 2.47. The van der Waals surface area contributed by atoms with E-state index >= 15 is 0 Å². The predicted molar refractivity (Wildman–Crippen MR) is 107 cm³/mol. The van der Waals surface area contributed by atoms with Gasteiger partial charge in [0.2, 0.25) is 0 Å². The fourth-order valence-corrected chi connectivity index (χ4v) is 5.65. The third kappa shape index (κ3) is 2.41. The number of nitrogens with one attached hydrogen (secondary N) is 1. The molecule has 0 radical (unpaired) electrons. The summed E-state index contributed by atoms with van der Waals surface area (Å²) in [5.74, 6) is 1.51. The van der Waals surface area contributed by atoms with Gasteiger partial charge in [0.15, 0.2) is 0 Å². The molecule has 2 aromatic carbocycles. The summed E-state index contributed by atoms with van der Waals surface area (Å²) in [5, 5.41) is 4.06. The van der Waals surface area contributed by atoms with E-state index in [1.165, 1.54) is 35.2 Å². The minimum Gasteiger partial charge on any atom is -0.344 e. The molecule has 4 aliphatic rings. The first-order valence-electron chi connectivity index (χ1n) is 9.99. The highest BCUT2D eigenvalue weighted by atomic mass is 35.5. The number of amides is 1. The molecular weight excluding hydrogens is 356 g/mol. The average Bonchev–Trinajstić information content (AvgIpc) is 3.48. The third-order valence-corrected chi connectivity index (χ3v) is 7.04. The summed E-state index contributed by atoms with van der Waals surface area (Å²) in [4.78, 5) is 18.0. The van der Waals surface area contributed by atoms with E-state index in [0.29, 0.717) is 17.8 Å². The fourth-order valence-electron chi connectivity index (χ4n) is 5.46. The highest BCUT2D eigenvalue weighted by Crippen LogP contribution is 2.51. The largest absolute Gasteiger partial charge is 0.344 e. The number of benzene rings is 2. The van der Waals surface area contributed by atoms with Crippen LogP contribution in [0.3, 0.4) is 0 Å². The summed E-state index contributed by atoms with van der Waals surface area (Å²) in [5.41, 5.74) is 7.05. The Labute approximate surface area is 163 Å². The van der Waals surface area contributed by atoms with Crippen molar-refractivity contribution >= 4 is 28.9 Å². The van der Waals surface area contributed by atoms with E-state index in [-0.39, 0.29) is 11.9 Å². The quantitative estimate of drug-likeness (QED) is 0.734. The lowest BCUT2D eigenvalue weighted by atomic mass is 9.79. The molecule has 2 saturated carbocycles. The molecule has 2 aromatic rings. The summed E-state index contributed by atoms with van der Waals surface area (Å²) in [6, 6.07) is 12.4. The van der Waals surface area contributed by atoms with Gasteiger partial charge in [0.1, 0.15) is 0 Å². The Morgan fingerprint density at radius 2 is 1.96 bits per heavy atom. The monoisotopic (exact) mass is 376 g/mol. The molecular formula is C23H21ClN2O. The zero-order valence-electron chi connectivity index (χ0n) is 15.0. The number of aryl methyl sites for hydroxylation is 1. The van der Waals surface area contributed by atoms with Gasteiger partial charge in [-0.25, -0.2) is 0 Å². The van der Waals surface area contributed by atoms with Crippen molar-refractivity contribution in [3.05, 3.63) is 63.7 Å². The topological polar surface area (TPSA) is 41.5 Å². The molecule has 2 aliphatic carbocycles. The van der Waals surface area contributed by atoms with Gasteiger partial charge in [0.25, 0.3) is 5.91 Å². The molecule has 1 unspecified atom stereocenters. The molecule has 3 atom stereocenters. The van der Waals surface area contributed by atoms with Crippen molar-refractivity contribution in [2.24, 2.45) is 10.9 Å². The van der Waals surface area contributed by atoms with Crippen LogP contribution in [-0.2, 0) is 6.42 Å². The Hall–Kier alpha value is -2.13. The van der Waals surface area contributed by atoms with Crippen molar-refractivity contribution in [2.45, 2.75) is 50.0 Å². The normalized spacial score (nSPS) is 28.3. The van der Waals surface area contributed by atoms with Crippen molar-refractivity contribution in [3.8, 4) is 0 Å². The Balaban J connectivity index is 1.51. The van der Waals surface area contributed by atoms with Crippen LogP contribution in [0.1, 0.15) is 64.6 Å². The number of aliphatic imine (C=N–C) groups is 1. The van der Waals surface area contributed by atoms with Crippen LogP contribution in [0.2, 0.25) is 5.02 Å². The van der Waals surface area contributed by atoms with E-state index in [0.717, 1.165) is 35.5 Å². The van der Waals surface area contributed by atoms with Crippen LogP contribution >= 0.6 is 11.6 Å². The summed E-state index contributed by atoms with van der Waals surface area (Å²) >= 11 is 6.22. The standard InChI is InChI=1S/C23H21ClN2O/c24-14-7-9-19-13(10-14)6-8-16-18-11-20(22(16)25-19)26-23(27)17-3-1-2-15(21(17)18)12-4-5-12/h1-3,7,9-10,12,16,18,20H,4-6,8,11H2,(H,26,27)/t16?,18-,20+/m0/s1. The lowest BCUT2D eigenvalue weighted by Crippen LogP contribution is -2.39. The van der Waals surface area contributed by atoms with Gasteiger partial charge in [-0.05, 0) is 84.9 Å². The first-order chi connectivity index (χ1) is 13.2. The van der Waals surface area contributed by atoms with Gasteiger partial charge in [-0.15, -0.1) is 0 Å². The van der Waals surface area contributed by atoms with Crippen molar-refractivity contribution < 1.29 is 4.79 Å². The Morgan fingerprint density at radius 1 is 1.07 bits per heavy atom. The van der Waals surface area contributed by atoms with Crippen LogP contribution in [-0.4, -0.2) is 17.7 Å². The van der Waals surface area contributed by atoms with Gasteiger partial charge in [0.05, 0.1) is 11.7 Å². The minimum atomic E-state index is 0.0496. The fraction of sp³-hybridized carbons (Fsp3) is 0.391. The van der Waals surface area contributed by atoms with Gasteiger partial charge in [-0.1, -0.05) is 23.7 Å². The molecule has 136 valence electrons. The minimum absolute atomic E-state index is 0.0496. The summed E-state index contributed by atoms with van der Waals surface area (Å²) in [6.07, 6.45) is 5.55. The molecule has 6 rings (SSSR count). The molecule has 1 amide bonds. The lowest BCUT2D eigenvalue weighted by molar-refractivity contribution is 0.0949. The van der Waals surface area contributed by atoms with Gasteiger partial charge >= 0.3 is 0 Å². The van der Waals surface area contributed by atoms with Crippen LogP contribution in [0, 0.1) is 5.92 Å². The molecule has 27 heavy (non-hydrogen) atoms. The van der Waals surface area contributed by atoms with Gasteiger partial charge in [-0.3, -0.25) is 9.79 Å². The average molecular weight is 377 g/mol. The van der Waals surface area contributed by atoms with Crippen LogP contribution < -0.4 is 5.32 Å². The van der Waals surface area contributed by atoms with Crippen LogP contribution in [0.5, 0.6) is 0 Å². The van der Waals surface area contributed by atoms with Crippen molar-refractivity contribution in [3.63, 3.8) is 0 Å². The number of carbonyl (C=O) groups excluding carboxylic acids is 1. The molecule has 4 heteroatoms. The van der Waals surface area contributed by atoms with Gasteiger partial charge in [0, 0.05) is 22.2 Å². The third-order valence-electron chi connectivity index (χ3n) is 6.81. The number of hydrogen-bond acceptors (Lipinski definition) is 2. The molecule has 0 aromatic heterocycles. The first-order valence-corrected chi connectivity index (χ1v) is 10.4. The van der Waals surface area contributed by atoms with E-state index in [2.05, 4.69) is 17.4 Å². The molecule has 2 fully saturated rings. The van der Waals surface area contributed by atoms with Crippen LogP contribution in [0.25, 0.3) is 0 Å². The summed E-state index contributed by atoms with van der Waals surface area (Å²) in [6.45, 7) is 0. The maximum absolute atomic E-state index is 13.0. The lowest BCUT2D eigenvalue weighted by Gasteiger charge is -2.25. The highest BCUT2D eigenvalue weighted by molar-refractivity contribution is 6.30. The Kier molecular flexibility index (Phi) is 3.34. The summed E-state index contributed by atoms with van der Waals surface area (Å²) in [7, 11) is 0. The number of nitrogens with zero attached hydrogens (tertiary/aromatic N) is 1. The van der Waals surface area contributed by atoms with Gasteiger partial charge in [-0.2, -0.15) is 0 Å². The van der Waals surface area contributed by atoms with E-state index in [9.17, 15) is 4.79 Å². The molecule has 2 heterocycles. The molecule has 2 aliphatic heterocycles. The summed E-state index contributed by atoms with van der Waals surface area (Å²) < 4.78 is 0. The maximum atomic E-state index is 13.0. The van der Waals surface area contributed by atoms with Crippen molar-refractivity contribution in [1.82, 2.24) is 5.32 Å². The van der Waals surface area contributed by atoms with E-state index in [4.69, 9.17) is 16.6 Å². The second kappa shape index (κ2) is 5.68. The van der Waals surface area contributed by atoms with Crippen LogP contribution in [0.15, 0.2) is 41.4 Å². The Bertz CT molecular complexity index is 1010.